The van der Waals surface area contributed by atoms with Crippen molar-refractivity contribution in [3.05, 3.63) is 30.1 Å². The molecular formula is C14H17N3O3. The number of nitrogens with zero attached hydrogens (tertiary/aromatic N) is 2. The van der Waals surface area contributed by atoms with Gasteiger partial charge in [-0.05, 0) is 25.5 Å². The Bertz CT molecular complexity index is 648. The number of fused-ring (bicyclic) bond motifs is 1. The van der Waals surface area contributed by atoms with Crippen LogP contribution in [-0.4, -0.2) is 32.6 Å². The van der Waals surface area contributed by atoms with Crippen molar-refractivity contribution in [2.45, 2.75) is 32.9 Å². The number of carboxylic acid groups (broad SMARTS) is 1. The van der Waals surface area contributed by atoms with E-state index in [4.69, 9.17) is 5.11 Å². The number of carbonyl (C=O) groups is 2. The van der Waals surface area contributed by atoms with Crippen LogP contribution in [0.5, 0.6) is 0 Å². The van der Waals surface area contributed by atoms with Crippen LogP contribution in [0, 0.1) is 6.92 Å². The van der Waals surface area contributed by atoms with Crippen molar-refractivity contribution in [2.24, 2.45) is 0 Å². The normalized spacial score (nSPS) is 12.3. The molecule has 0 radical (unpaired) electrons. The number of nitrogens with one attached hydrogen (secondary N) is 1. The third kappa shape index (κ3) is 2.79. The smallest absolute Gasteiger partial charge is 0.326 e. The SMILES string of the molecule is CCC(NC(=O)Cn1c(C)nc2ccccc21)C(=O)O. The highest BCUT2D eigenvalue weighted by atomic mass is 16.4. The second-order valence-corrected chi connectivity index (χ2v) is 4.60. The number of hydrogen-bond donors (Lipinski definition) is 2. The van der Waals surface area contributed by atoms with Crippen LogP contribution in [0.2, 0.25) is 0 Å². The summed E-state index contributed by atoms with van der Waals surface area (Å²) < 4.78 is 1.78. The van der Waals surface area contributed by atoms with E-state index in [1.54, 1.807) is 11.5 Å². The number of benzene rings is 1. The van der Waals surface area contributed by atoms with E-state index in [0.29, 0.717) is 6.42 Å². The summed E-state index contributed by atoms with van der Waals surface area (Å²) in [7, 11) is 0. The number of aromatic nitrogens is 2. The Labute approximate surface area is 116 Å². The highest BCUT2D eigenvalue weighted by Crippen LogP contribution is 2.15. The molecule has 20 heavy (non-hydrogen) atoms. The maximum atomic E-state index is 12.0. The van der Waals surface area contributed by atoms with E-state index in [1.165, 1.54) is 0 Å². The Morgan fingerprint density at radius 1 is 1.40 bits per heavy atom. The molecule has 2 aromatic rings. The van der Waals surface area contributed by atoms with E-state index in [9.17, 15) is 9.59 Å². The first-order valence-electron chi connectivity index (χ1n) is 6.47. The molecule has 1 heterocycles. The summed E-state index contributed by atoms with van der Waals surface area (Å²) in [5.74, 6) is -0.622. The summed E-state index contributed by atoms with van der Waals surface area (Å²) in [5.41, 5.74) is 1.69. The third-order valence-electron chi connectivity index (χ3n) is 3.19. The molecule has 1 unspecified atom stereocenters. The molecule has 2 N–H and O–H groups in total. The molecule has 0 aliphatic carbocycles. The van der Waals surface area contributed by atoms with E-state index in [-0.39, 0.29) is 12.5 Å². The lowest BCUT2D eigenvalue weighted by Gasteiger charge is -2.13. The number of carbonyl (C=O) groups excluding carboxylic acids is 1. The van der Waals surface area contributed by atoms with Gasteiger partial charge in [0.05, 0.1) is 11.0 Å². The molecule has 6 nitrogen and oxygen atoms in total. The fourth-order valence-electron chi connectivity index (χ4n) is 2.12. The standard InChI is InChI=1S/C14H17N3O3/c1-3-10(14(19)20)16-13(18)8-17-9(2)15-11-6-4-5-7-12(11)17/h4-7,10H,3,8H2,1-2H3,(H,16,18)(H,19,20). The Kier molecular flexibility index (Phi) is 4.02. The Morgan fingerprint density at radius 2 is 2.10 bits per heavy atom. The molecule has 0 aliphatic rings. The zero-order valence-corrected chi connectivity index (χ0v) is 11.5. The van der Waals surface area contributed by atoms with Gasteiger partial charge in [-0.3, -0.25) is 4.79 Å². The maximum absolute atomic E-state index is 12.0. The van der Waals surface area contributed by atoms with Crippen molar-refractivity contribution in [1.29, 1.82) is 0 Å². The molecule has 2 rings (SSSR count). The molecule has 1 amide bonds. The highest BCUT2D eigenvalue weighted by molar-refractivity contribution is 5.85. The average molecular weight is 275 g/mol. The summed E-state index contributed by atoms with van der Waals surface area (Å²) in [6, 6.07) is 6.68. The number of rotatable bonds is 5. The van der Waals surface area contributed by atoms with E-state index in [2.05, 4.69) is 10.3 Å². The summed E-state index contributed by atoms with van der Waals surface area (Å²) in [4.78, 5) is 27.2. The first-order chi connectivity index (χ1) is 9.52. The zero-order chi connectivity index (χ0) is 14.7. The summed E-state index contributed by atoms with van der Waals surface area (Å²) in [5, 5.41) is 11.4. The zero-order valence-electron chi connectivity index (χ0n) is 11.5. The lowest BCUT2D eigenvalue weighted by molar-refractivity contribution is -0.142. The van der Waals surface area contributed by atoms with Gasteiger partial charge in [-0.15, -0.1) is 0 Å². The molecule has 0 saturated carbocycles. The van der Waals surface area contributed by atoms with Crippen LogP contribution in [0.4, 0.5) is 0 Å². The van der Waals surface area contributed by atoms with E-state index in [1.807, 2.05) is 31.2 Å². The predicted octanol–water partition coefficient (Wildman–Crippen LogP) is 1.32. The molecule has 0 fully saturated rings. The van der Waals surface area contributed by atoms with Crippen molar-refractivity contribution in [3.8, 4) is 0 Å². The lowest BCUT2D eigenvalue weighted by atomic mass is 10.2. The average Bonchev–Trinajstić information content (AvgIpc) is 2.72. The van der Waals surface area contributed by atoms with E-state index < -0.39 is 12.0 Å². The van der Waals surface area contributed by atoms with Crippen LogP contribution >= 0.6 is 0 Å². The van der Waals surface area contributed by atoms with Gasteiger partial charge >= 0.3 is 5.97 Å². The fraction of sp³-hybridized carbons (Fsp3) is 0.357. The fourth-order valence-corrected chi connectivity index (χ4v) is 2.12. The minimum absolute atomic E-state index is 0.0656. The summed E-state index contributed by atoms with van der Waals surface area (Å²) >= 11 is 0. The van der Waals surface area contributed by atoms with Gasteiger partial charge in [0.1, 0.15) is 18.4 Å². The molecule has 1 aromatic heterocycles. The molecule has 0 spiro atoms. The number of hydrogen-bond acceptors (Lipinski definition) is 3. The van der Waals surface area contributed by atoms with Gasteiger partial charge in [-0.25, -0.2) is 9.78 Å². The molecule has 6 heteroatoms. The Balaban J connectivity index is 2.18. The van der Waals surface area contributed by atoms with Crippen LogP contribution in [0.1, 0.15) is 19.2 Å². The van der Waals surface area contributed by atoms with Gasteiger partial charge in [-0.1, -0.05) is 19.1 Å². The summed E-state index contributed by atoms with van der Waals surface area (Å²) in [6.07, 6.45) is 0.352. The largest absolute Gasteiger partial charge is 0.480 e. The molecular weight excluding hydrogens is 258 g/mol. The van der Waals surface area contributed by atoms with Crippen molar-refractivity contribution in [2.75, 3.05) is 0 Å². The monoisotopic (exact) mass is 275 g/mol. The number of carboxylic acids is 1. The summed E-state index contributed by atoms with van der Waals surface area (Å²) in [6.45, 7) is 3.61. The molecule has 0 aliphatic heterocycles. The molecule has 0 saturated heterocycles. The molecule has 106 valence electrons. The van der Waals surface area contributed by atoms with Crippen molar-refractivity contribution in [1.82, 2.24) is 14.9 Å². The molecule has 1 atom stereocenters. The Morgan fingerprint density at radius 3 is 2.75 bits per heavy atom. The first-order valence-corrected chi connectivity index (χ1v) is 6.47. The van der Waals surface area contributed by atoms with Crippen molar-refractivity contribution >= 4 is 22.9 Å². The quantitative estimate of drug-likeness (QED) is 0.862. The number of imidazole rings is 1. The van der Waals surface area contributed by atoms with Crippen molar-refractivity contribution in [3.63, 3.8) is 0 Å². The van der Waals surface area contributed by atoms with Gasteiger partial charge in [0.2, 0.25) is 5.91 Å². The van der Waals surface area contributed by atoms with Crippen LogP contribution in [0.3, 0.4) is 0 Å². The van der Waals surface area contributed by atoms with Crippen LogP contribution in [0.15, 0.2) is 24.3 Å². The molecule has 1 aromatic carbocycles. The first kappa shape index (κ1) is 14.0. The number of aliphatic carboxylic acids is 1. The minimum atomic E-state index is -1.02. The minimum Gasteiger partial charge on any atom is -0.480 e. The second kappa shape index (κ2) is 5.73. The number of para-hydroxylation sites is 2. The number of amides is 1. The lowest BCUT2D eigenvalue weighted by Crippen LogP contribution is -2.41. The van der Waals surface area contributed by atoms with Gasteiger partial charge < -0.3 is 15.0 Å². The van der Waals surface area contributed by atoms with Crippen LogP contribution in [-0.2, 0) is 16.1 Å². The second-order valence-electron chi connectivity index (χ2n) is 4.60. The van der Waals surface area contributed by atoms with Crippen LogP contribution in [0.25, 0.3) is 11.0 Å². The van der Waals surface area contributed by atoms with Gasteiger partial charge in [0.25, 0.3) is 0 Å². The highest BCUT2D eigenvalue weighted by Gasteiger charge is 2.18. The van der Waals surface area contributed by atoms with Gasteiger partial charge in [0.15, 0.2) is 0 Å². The topological polar surface area (TPSA) is 84.2 Å². The third-order valence-corrected chi connectivity index (χ3v) is 3.19. The maximum Gasteiger partial charge on any atom is 0.326 e. The molecule has 0 bridgehead atoms. The number of aryl methyl sites for hydroxylation is 1. The van der Waals surface area contributed by atoms with Gasteiger partial charge in [-0.2, -0.15) is 0 Å². The van der Waals surface area contributed by atoms with E-state index >= 15 is 0 Å². The van der Waals surface area contributed by atoms with E-state index in [0.717, 1.165) is 16.9 Å². The predicted molar refractivity (Wildman–Crippen MR) is 74.3 cm³/mol. The van der Waals surface area contributed by atoms with Crippen LogP contribution < -0.4 is 5.32 Å². The Hall–Kier alpha value is -2.37. The van der Waals surface area contributed by atoms with Gasteiger partial charge in [0, 0.05) is 0 Å². The van der Waals surface area contributed by atoms with Crippen molar-refractivity contribution < 1.29 is 14.7 Å².